The summed E-state index contributed by atoms with van der Waals surface area (Å²) < 4.78 is 22.8. The van der Waals surface area contributed by atoms with Crippen LogP contribution in [0.2, 0.25) is 0 Å². The van der Waals surface area contributed by atoms with Crippen LogP contribution in [-0.2, 0) is 33.3 Å². The normalized spacial score (nSPS) is 13.2. The summed E-state index contributed by atoms with van der Waals surface area (Å²) in [7, 11) is 5.93. The van der Waals surface area contributed by atoms with Gasteiger partial charge in [-0.25, -0.2) is 0 Å². The van der Waals surface area contributed by atoms with E-state index in [1.54, 1.807) is 0 Å². The van der Waals surface area contributed by atoms with Crippen molar-refractivity contribution in [2.45, 2.75) is 315 Å². The number of likely N-dealkylation sites (N-methyl/N-ethyl adjacent to an activating group) is 1. The second kappa shape index (κ2) is 63.5. The van der Waals surface area contributed by atoms with Crippen molar-refractivity contribution in [3.05, 3.63) is 85.1 Å². The van der Waals surface area contributed by atoms with Crippen molar-refractivity contribution in [1.29, 1.82) is 0 Å². The Morgan fingerprint density at radius 2 is 0.695 bits per heavy atom. The topological polar surface area (TPSA) is 111 Å². The fourth-order valence-corrected chi connectivity index (χ4v) is 9.70. The molecule has 0 radical (unpaired) electrons. The molecule has 474 valence electrons. The van der Waals surface area contributed by atoms with E-state index in [0.717, 1.165) is 83.5 Å². The van der Waals surface area contributed by atoms with Crippen molar-refractivity contribution in [3.63, 3.8) is 0 Å². The molecule has 0 saturated carbocycles. The molecular formula is C73H129NO8. The molecule has 0 aliphatic heterocycles. The van der Waals surface area contributed by atoms with Crippen LogP contribution in [0.3, 0.4) is 0 Å². The minimum atomic E-state index is -1.62. The van der Waals surface area contributed by atoms with Gasteiger partial charge in [-0.05, 0) is 70.6 Å². The highest BCUT2D eigenvalue weighted by atomic mass is 16.7. The first-order valence-corrected chi connectivity index (χ1v) is 34.2. The van der Waals surface area contributed by atoms with Crippen LogP contribution >= 0.6 is 0 Å². The molecule has 0 heterocycles. The third-order valence-electron chi connectivity index (χ3n) is 14.9. The second-order valence-corrected chi connectivity index (χ2v) is 24.1. The van der Waals surface area contributed by atoms with E-state index in [2.05, 4.69) is 98.9 Å². The van der Waals surface area contributed by atoms with Crippen LogP contribution in [0.1, 0.15) is 303 Å². The summed E-state index contributed by atoms with van der Waals surface area (Å²) in [5.74, 6) is -2.27. The molecule has 2 unspecified atom stereocenters. The average Bonchev–Trinajstić information content (AvgIpc) is 3.45. The summed E-state index contributed by atoms with van der Waals surface area (Å²) in [6.45, 7) is 4.67. The molecule has 2 atom stereocenters. The Bertz CT molecular complexity index is 1620. The summed E-state index contributed by atoms with van der Waals surface area (Å²) in [6, 6.07) is 0. The number of unbranched alkanes of at least 4 members (excludes halogenated alkanes) is 34. The Balaban J connectivity index is 4.12. The van der Waals surface area contributed by atoms with Crippen LogP contribution in [0.5, 0.6) is 0 Å². The van der Waals surface area contributed by atoms with Crippen molar-refractivity contribution >= 4 is 17.9 Å². The molecule has 0 N–H and O–H groups in total. The van der Waals surface area contributed by atoms with Crippen molar-refractivity contribution in [2.75, 3.05) is 47.5 Å². The Kier molecular flexibility index (Phi) is 60.8. The van der Waals surface area contributed by atoms with Crippen LogP contribution in [0.25, 0.3) is 0 Å². The van der Waals surface area contributed by atoms with Crippen molar-refractivity contribution < 1.29 is 42.9 Å². The Labute approximate surface area is 506 Å². The lowest BCUT2D eigenvalue weighted by atomic mass is 10.0. The summed E-state index contributed by atoms with van der Waals surface area (Å²) in [6.07, 6.45) is 82.3. The summed E-state index contributed by atoms with van der Waals surface area (Å²) in [5, 5.41) is 11.8. The summed E-state index contributed by atoms with van der Waals surface area (Å²) >= 11 is 0. The van der Waals surface area contributed by atoms with Gasteiger partial charge in [-0.1, -0.05) is 304 Å². The van der Waals surface area contributed by atoms with Crippen LogP contribution in [-0.4, -0.2) is 82.3 Å². The Hall–Kier alpha value is -3.53. The van der Waals surface area contributed by atoms with Gasteiger partial charge >= 0.3 is 11.9 Å². The number of rotatable bonds is 63. The zero-order valence-electron chi connectivity index (χ0n) is 54.1. The fourth-order valence-electron chi connectivity index (χ4n) is 9.70. The molecule has 0 bridgehead atoms. The van der Waals surface area contributed by atoms with Gasteiger partial charge < -0.3 is 33.3 Å². The number of allylic oxidation sites excluding steroid dienone is 14. The third-order valence-corrected chi connectivity index (χ3v) is 14.9. The molecule has 9 nitrogen and oxygen atoms in total. The van der Waals surface area contributed by atoms with Crippen molar-refractivity contribution in [1.82, 2.24) is 0 Å². The van der Waals surface area contributed by atoms with Gasteiger partial charge in [0.2, 0.25) is 0 Å². The van der Waals surface area contributed by atoms with Crippen molar-refractivity contribution in [3.8, 4) is 0 Å². The van der Waals surface area contributed by atoms with E-state index in [0.29, 0.717) is 23.9 Å². The largest absolute Gasteiger partial charge is 0.545 e. The molecule has 0 spiro atoms. The summed E-state index contributed by atoms with van der Waals surface area (Å²) in [4.78, 5) is 37.5. The number of quaternary nitrogens is 1. The molecule has 0 fully saturated rings. The molecular weight excluding hydrogens is 1020 g/mol. The van der Waals surface area contributed by atoms with Gasteiger partial charge in [-0.15, -0.1) is 0 Å². The molecule has 0 rings (SSSR count). The number of carbonyl (C=O) groups is 3. The lowest BCUT2D eigenvalue weighted by molar-refractivity contribution is -0.870. The predicted molar refractivity (Wildman–Crippen MR) is 348 cm³/mol. The summed E-state index contributed by atoms with van der Waals surface area (Å²) in [5.41, 5.74) is 0. The van der Waals surface area contributed by atoms with Crippen molar-refractivity contribution in [2.24, 2.45) is 0 Å². The van der Waals surface area contributed by atoms with Crippen LogP contribution in [0.4, 0.5) is 0 Å². The fraction of sp³-hybridized carbons (Fsp3) is 0.767. The number of carbonyl (C=O) groups excluding carboxylic acids is 3. The third kappa shape index (κ3) is 64.0. The van der Waals surface area contributed by atoms with Gasteiger partial charge in [-0.2, -0.15) is 0 Å². The smallest absolute Gasteiger partial charge is 0.306 e. The number of aliphatic carboxylic acids is 1. The molecule has 0 aliphatic carbocycles. The quantitative estimate of drug-likeness (QED) is 0.0195. The Morgan fingerprint density at radius 1 is 0.378 bits per heavy atom. The molecule has 0 aromatic carbocycles. The number of esters is 2. The molecule has 82 heavy (non-hydrogen) atoms. The second-order valence-electron chi connectivity index (χ2n) is 24.1. The zero-order chi connectivity index (χ0) is 59.8. The predicted octanol–water partition coefficient (Wildman–Crippen LogP) is 19.7. The van der Waals surface area contributed by atoms with Gasteiger partial charge in [0.1, 0.15) is 13.2 Å². The standard InChI is InChI=1S/C73H129NO8/c1-6-8-10-12-14-16-18-20-22-24-26-28-30-31-32-33-34-35-36-37-38-39-40-41-42-44-46-48-50-52-54-56-58-60-62-64-71(76)82-69(68-81-73(72(77)78)79-66-65-74(3,4)5)67-80-70(75)63-61-59-57-55-53-51-49-47-45-43-29-27-25-23-21-19-17-15-13-11-9-7-2/h8,10,14,16,20,22,26,28,31-32,34-35,37-38,69,73H,6-7,9,11-13,15,17-19,21,23-25,27,29-30,33,36,39-68H2,1-5H3/b10-8-,16-14-,22-20-,28-26-,32-31-,35-34-,38-37-. The SMILES string of the molecule is CC/C=C\C/C=C\C/C=C\C/C=C\C/C=C\C/C=C\C/C=C\CCCCCCCCCCCCCCCC(=O)OC(COC(=O)CCCCCCCCCCCCCCCCCCCCCCCC)COC(OCC[N+](C)(C)C)C(=O)[O-]. The van der Waals surface area contributed by atoms with E-state index in [1.807, 2.05) is 21.1 Å². The lowest BCUT2D eigenvalue weighted by Crippen LogP contribution is -2.44. The molecule has 0 saturated heterocycles. The average molecular weight is 1150 g/mol. The van der Waals surface area contributed by atoms with Gasteiger partial charge in [0.25, 0.3) is 0 Å². The molecule has 9 heteroatoms. The number of carboxylic acids is 1. The highest BCUT2D eigenvalue weighted by molar-refractivity contribution is 5.70. The van der Waals surface area contributed by atoms with E-state index in [1.165, 1.54) is 186 Å². The minimum absolute atomic E-state index is 0.147. The van der Waals surface area contributed by atoms with E-state index < -0.39 is 24.3 Å². The molecule has 0 aromatic rings. The number of hydrogen-bond acceptors (Lipinski definition) is 8. The van der Waals surface area contributed by atoms with Crippen LogP contribution < -0.4 is 5.11 Å². The van der Waals surface area contributed by atoms with E-state index in [-0.39, 0.29) is 32.2 Å². The Morgan fingerprint density at radius 3 is 1.04 bits per heavy atom. The van der Waals surface area contributed by atoms with E-state index >= 15 is 0 Å². The van der Waals surface area contributed by atoms with Crippen LogP contribution in [0.15, 0.2) is 85.1 Å². The van der Waals surface area contributed by atoms with Gasteiger partial charge in [0, 0.05) is 12.8 Å². The number of carboxylic acid groups (broad SMARTS) is 1. The number of ether oxygens (including phenoxy) is 4. The highest BCUT2D eigenvalue weighted by Gasteiger charge is 2.22. The molecule has 0 aliphatic rings. The monoisotopic (exact) mass is 1150 g/mol. The number of nitrogens with zero attached hydrogens (tertiary/aromatic N) is 1. The van der Waals surface area contributed by atoms with E-state index in [4.69, 9.17) is 18.9 Å². The number of hydrogen-bond donors (Lipinski definition) is 0. The van der Waals surface area contributed by atoms with Gasteiger partial charge in [-0.3, -0.25) is 9.59 Å². The van der Waals surface area contributed by atoms with E-state index in [9.17, 15) is 19.5 Å². The van der Waals surface area contributed by atoms with Gasteiger partial charge in [0.15, 0.2) is 12.4 Å². The maximum Gasteiger partial charge on any atom is 0.306 e. The maximum atomic E-state index is 12.9. The maximum absolute atomic E-state index is 12.9. The first kappa shape index (κ1) is 78.5. The first-order valence-electron chi connectivity index (χ1n) is 34.2. The van der Waals surface area contributed by atoms with Gasteiger partial charge in [0.05, 0.1) is 40.3 Å². The van der Waals surface area contributed by atoms with Crippen LogP contribution in [0, 0.1) is 0 Å². The molecule has 0 amide bonds. The first-order chi connectivity index (χ1) is 40.1. The zero-order valence-corrected chi connectivity index (χ0v) is 54.1. The minimum Gasteiger partial charge on any atom is -0.545 e. The lowest BCUT2D eigenvalue weighted by Gasteiger charge is -2.26. The molecule has 0 aromatic heterocycles. The highest BCUT2D eigenvalue weighted by Crippen LogP contribution is 2.18.